The maximum absolute atomic E-state index is 3.91. The molecule has 0 nitrogen and oxygen atoms in total. The first kappa shape index (κ1) is 15.7. The molecule has 0 radical (unpaired) electrons. The molecule has 5 heteroatoms. The van der Waals surface area contributed by atoms with E-state index in [9.17, 15) is 0 Å². The molecular weight excluding hydrogens is 543 g/mol. The van der Waals surface area contributed by atoms with Crippen molar-refractivity contribution in [1.29, 1.82) is 0 Å². The summed E-state index contributed by atoms with van der Waals surface area (Å²) in [5.41, 5.74) is 0. The number of hydrogen-bond donors (Lipinski definition) is 0. The van der Waals surface area contributed by atoms with Crippen molar-refractivity contribution in [2.24, 2.45) is 0 Å². The first-order chi connectivity index (χ1) is 5.91. The Morgan fingerprint density at radius 1 is 0.923 bits per heavy atom. The van der Waals surface area contributed by atoms with Gasteiger partial charge in [-0.05, 0) is 0 Å². The van der Waals surface area contributed by atoms with E-state index in [2.05, 4.69) is 71.2 Å². The Morgan fingerprint density at radius 3 is 1.46 bits per heavy atom. The second-order valence-electron chi connectivity index (χ2n) is 3.04. The number of halogens is 4. The Balaban J connectivity index is 3.92. The average Bonchev–Trinajstić information content (AvgIpc) is 2.02. The van der Waals surface area contributed by atoms with E-state index in [4.69, 9.17) is 0 Å². The van der Waals surface area contributed by atoms with Crippen molar-refractivity contribution >= 4 is 71.1 Å². The topological polar surface area (TPSA) is 0 Å². The van der Waals surface area contributed by atoms with E-state index in [1.807, 2.05) is 0 Å². The van der Waals surface area contributed by atoms with Crippen molar-refractivity contribution in [2.45, 2.75) is 45.3 Å². The summed E-state index contributed by atoms with van der Waals surface area (Å²) in [4.78, 5) is 1.34. The van der Waals surface area contributed by atoms with Crippen LogP contribution in [0.2, 0.25) is 8.94 Å². The Morgan fingerprint density at radius 2 is 1.23 bits per heavy atom. The summed E-state index contributed by atoms with van der Waals surface area (Å²) < 4.78 is 2.59. The first-order valence-corrected chi connectivity index (χ1v) is 19.9. The van der Waals surface area contributed by atoms with Crippen LogP contribution in [0.5, 0.6) is 0 Å². The molecule has 0 aromatic heterocycles. The molecule has 0 amide bonds. The zero-order valence-corrected chi connectivity index (χ0v) is 16.6. The number of hydrogen-bond acceptors (Lipinski definition) is 0. The summed E-state index contributed by atoms with van der Waals surface area (Å²) in [6.45, 7) is 4.45. The number of alkyl halides is 2. The van der Waals surface area contributed by atoms with Gasteiger partial charge in [-0.1, -0.05) is 0 Å². The van der Waals surface area contributed by atoms with Gasteiger partial charge in [-0.3, -0.25) is 0 Å². The van der Waals surface area contributed by atoms with E-state index in [1.165, 1.54) is 21.8 Å². The van der Waals surface area contributed by atoms with E-state index in [-0.39, 0.29) is 0 Å². The van der Waals surface area contributed by atoms with E-state index >= 15 is 0 Å². The van der Waals surface area contributed by atoms with Crippen LogP contribution in [0.4, 0.5) is 0 Å². The van der Waals surface area contributed by atoms with Gasteiger partial charge in [0, 0.05) is 0 Å². The van der Waals surface area contributed by atoms with Crippen LogP contribution in [0.15, 0.2) is 0 Å². The monoisotopic (exact) mass is 558 g/mol. The third kappa shape index (κ3) is 8.51. The normalized spacial score (nSPS) is 18.3. The van der Waals surface area contributed by atoms with Gasteiger partial charge in [0.15, 0.2) is 0 Å². The zero-order chi connectivity index (χ0) is 10.5. The molecule has 0 aliphatic heterocycles. The van der Waals surface area contributed by atoms with Crippen molar-refractivity contribution in [2.75, 3.05) is 0 Å². The van der Waals surface area contributed by atoms with Crippen LogP contribution < -0.4 is 0 Å². The molecule has 0 aromatic carbocycles. The number of rotatable bonds is 6. The minimum atomic E-state index is -1.86. The molecule has 0 aliphatic rings. The van der Waals surface area contributed by atoms with Crippen LogP contribution in [0, 0.1) is 0 Å². The molecule has 0 saturated heterocycles. The molecule has 13 heavy (non-hydrogen) atoms. The first-order valence-electron chi connectivity index (χ1n) is 4.37. The average molecular weight is 559 g/mol. The predicted molar refractivity (Wildman–Crippen MR) is 79.2 cm³/mol. The van der Waals surface area contributed by atoms with Gasteiger partial charge in [0.1, 0.15) is 0 Å². The van der Waals surface area contributed by atoms with Crippen molar-refractivity contribution in [3.8, 4) is 0 Å². The second-order valence-corrected chi connectivity index (χ2v) is 34.0. The van der Waals surface area contributed by atoms with E-state index < -0.39 is 13.8 Å². The van der Waals surface area contributed by atoms with Crippen LogP contribution in [0.3, 0.4) is 0 Å². The Bertz CT molecular complexity index is 126. The molecule has 0 rings (SSSR count). The third-order valence-corrected chi connectivity index (χ3v) is 18.5. The van der Waals surface area contributed by atoms with Crippen molar-refractivity contribution in [3.05, 3.63) is 0 Å². The van der Waals surface area contributed by atoms with Gasteiger partial charge < -0.3 is 0 Å². The van der Waals surface area contributed by atoms with Crippen LogP contribution in [-0.2, 0) is 0 Å². The summed E-state index contributed by atoms with van der Waals surface area (Å²) in [7, 11) is 0. The van der Waals surface area contributed by atoms with Crippen molar-refractivity contribution in [1.82, 2.24) is 0 Å². The molecule has 0 bridgehead atoms. The fourth-order valence-corrected chi connectivity index (χ4v) is 29.7. The van der Waals surface area contributed by atoms with Crippen LogP contribution in [-0.4, -0.2) is 23.4 Å². The van der Waals surface area contributed by atoms with E-state index in [0.717, 1.165) is 0 Å². The quantitative estimate of drug-likeness (QED) is 0.295. The van der Waals surface area contributed by atoms with Crippen LogP contribution in [0.1, 0.15) is 26.7 Å². The fraction of sp³-hybridized carbons (Fsp3) is 1.00. The van der Waals surface area contributed by atoms with Crippen LogP contribution in [0.25, 0.3) is 0 Å². The van der Waals surface area contributed by atoms with Gasteiger partial charge in [0.05, 0.1) is 0 Å². The molecule has 2 atom stereocenters. The predicted octanol–water partition coefficient (Wildman–Crippen LogP) is 5.57. The van der Waals surface area contributed by atoms with Gasteiger partial charge in [-0.2, -0.15) is 0 Å². The Kier molecular flexibility index (Phi) is 9.54. The van der Waals surface area contributed by atoms with Gasteiger partial charge in [-0.15, -0.1) is 0 Å². The zero-order valence-electron chi connectivity index (χ0n) is 7.90. The summed E-state index contributed by atoms with van der Waals surface area (Å²) in [6.07, 6.45) is 2.42. The Labute approximate surface area is 115 Å². The molecule has 0 saturated carbocycles. The van der Waals surface area contributed by atoms with Gasteiger partial charge >= 0.3 is 116 Å². The molecule has 0 N–H and O–H groups in total. The third-order valence-electron chi connectivity index (χ3n) is 1.74. The summed E-state index contributed by atoms with van der Waals surface area (Å²) in [6, 6.07) is 0. The van der Waals surface area contributed by atoms with Crippen LogP contribution >= 0.6 is 57.4 Å². The fourth-order valence-electron chi connectivity index (χ4n) is 0.833. The molecule has 0 fully saturated rings. The second kappa shape index (κ2) is 7.90. The maximum atomic E-state index is 3.91. The summed E-state index contributed by atoms with van der Waals surface area (Å²) in [5.74, 6) is 0. The molecule has 0 heterocycles. The summed E-state index contributed by atoms with van der Waals surface area (Å²) in [5, 5.41) is 0. The van der Waals surface area contributed by atoms with E-state index in [0.29, 0.717) is 9.65 Å². The van der Waals surface area contributed by atoms with Gasteiger partial charge in [0.25, 0.3) is 0 Å². The van der Waals surface area contributed by atoms with Gasteiger partial charge in [0.2, 0.25) is 0 Å². The molecule has 0 aromatic rings. The molecule has 2 unspecified atom stereocenters. The van der Waals surface area contributed by atoms with E-state index in [1.54, 1.807) is 0 Å². The minimum absolute atomic E-state index is 0.670. The Hall–Kier alpha value is 2.71. The molecule has 82 valence electrons. The summed E-state index contributed by atoms with van der Waals surface area (Å²) >= 11 is 13.4. The molecule has 0 spiro atoms. The van der Waals surface area contributed by atoms with Crippen molar-refractivity contribution in [3.63, 3.8) is 0 Å². The molecule has 0 aliphatic carbocycles. The van der Waals surface area contributed by atoms with Gasteiger partial charge in [-0.25, -0.2) is 0 Å². The molecular formula is C8H16Br4Te. The van der Waals surface area contributed by atoms with Crippen molar-refractivity contribution < 1.29 is 0 Å². The standard InChI is InChI=1S/C8H16Br4Te/c1-3-7(9)5-13(11,12)6-8(10)4-2/h7-8H,3-6H2,1-2H3. The SMILES string of the molecule is CCC(Br)C[Te](Br)(Br)CC(Br)CC.